The first-order valence-electron chi connectivity index (χ1n) is 5.44. The minimum absolute atomic E-state index is 0.0936. The summed E-state index contributed by atoms with van der Waals surface area (Å²) in [6.45, 7) is 1.65. The summed E-state index contributed by atoms with van der Waals surface area (Å²) in [6, 6.07) is 4.38. The largest absolute Gasteiger partial charge is 0.481 e. The third-order valence-corrected chi connectivity index (χ3v) is 6.13. The van der Waals surface area contributed by atoms with Crippen molar-refractivity contribution in [3.63, 3.8) is 0 Å². The maximum absolute atomic E-state index is 12.2. The number of carboxylic acids is 1. The molecular formula is C11H14N2O4S2. The van der Waals surface area contributed by atoms with Crippen LogP contribution in [0.1, 0.15) is 18.2 Å². The summed E-state index contributed by atoms with van der Waals surface area (Å²) in [5.74, 6) is -1.00. The van der Waals surface area contributed by atoms with E-state index in [0.29, 0.717) is 4.88 Å². The topological polar surface area (TPSA) is 98.5 Å². The lowest BCUT2D eigenvalue weighted by molar-refractivity contribution is -0.136. The van der Waals surface area contributed by atoms with Crippen LogP contribution in [0.3, 0.4) is 0 Å². The number of hydrogen-bond acceptors (Lipinski definition) is 5. The van der Waals surface area contributed by atoms with Gasteiger partial charge < -0.3 is 5.11 Å². The predicted molar refractivity (Wildman–Crippen MR) is 70.3 cm³/mol. The van der Waals surface area contributed by atoms with Crippen LogP contribution in [-0.4, -0.2) is 36.9 Å². The van der Waals surface area contributed by atoms with E-state index >= 15 is 0 Å². The van der Waals surface area contributed by atoms with Gasteiger partial charge in [0.25, 0.3) is 10.0 Å². The second-order valence-corrected chi connectivity index (χ2v) is 7.42. The highest BCUT2D eigenvalue weighted by Crippen LogP contribution is 2.26. The lowest BCUT2D eigenvalue weighted by Crippen LogP contribution is -2.34. The van der Waals surface area contributed by atoms with E-state index in [2.05, 4.69) is 0 Å². The highest BCUT2D eigenvalue weighted by Gasteiger charge is 2.26. The SMILES string of the molecule is CC(CC#N)N(C)S(=O)(=O)c1ccc(CC(=O)O)s1. The van der Waals surface area contributed by atoms with Crippen LogP contribution in [0.15, 0.2) is 16.3 Å². The molecule has 19 heavy (non-hydrogen) atoms. The maximum Gasteiger partial charge on any atom is 0.308 e. The first-order valence-corrected chi connectivity index (χ1v) is 7.70. The molecule has 0 aliphatic rings. The number of nitrogens with zero attached hydrogens (tertiary/aromatic N) is 2. The van der Waals surface area contributed by atoms with Crippen LogP contribution in [0.4, 0.5) is 0 Å². The maximum atomic E-state index is 12.2. The average molecular weight is 302 g/mol. The Bertz CT molecular complexity index is 600. The Labute approximate surface area is 115 Å². The lowest BCUT2D eigenvalue weighted by Gasteiger charge is -2.21. The summed E-state index contributed by atoms with van der Waals surface area (Å²) < 4.78 is 25.7. The van der Waals surface area contributed by atoms with Crippen molar-refractivity contribution in [2.24, 2.45) is 0 Å². The molecule has 1 rings (SSSR count). The van der Waals surface area contributed by atoms with Gasteiger partial charge in [-0.1, -0.05) is 0 Å². The monoisotopic (exact) mass is 302 g/mol. The molecule has 8 heteroatoms. The zero-order valence-corrected chi connectivity index (χ0v) is 12.2. The quantitative estimate of drug-likeness (QED) is 0.854. The van der Waals surface area contributed by atoms with Crippen molar-refractivity contribution in [1.29, 1.82) is 5.26 Å². The highest BCUT2D eigenvalue weighted by atomic mass is 32.2. The first kappa shape index (κ1) is 15.6. The average Bonchev–Trinajstić information content (AvgIpc) is 2.76. The second kappa shape index (κ2) is 6.14. The summed E-state index contributed by atoms with van der Waals surface area (Å²) in [6.07, 6.45) is -0.0965. The highest BCUT2D eigenvalue weighted by molar-refractivity contribution is 7.91. The Morgan fingerprint density at radius 1 is 1.58 bits per heavy atom. The molecule has 1 unspecified atom stereocenters. The van der Waals surface area contributed by atoms with Gasteiger partial charge in [-0.15, -0.1) is 11.3 Å². The van der Waals surface area contributed by atoms with E-state index in [-0.39, 0.29) is 17.1 Å². The van der Waals surface area contributed by atoms with E-state index in [9.17, 15) is 13.2 Å². The molecule has 1 aromatic rings. The molecule has 0 aromatic carbocycles. The van der Waals surface area contributed by atoms with E-state index in [1.807, 2.05) is 6.07 Å². The smallest absolute Gasteiger partial charge is 0.308 e. The Morgan fingerprint density at radius 3 is 2.74 bits per heavy atom. The molecule has 0 amide bonds. The molecular weight excluding hydrogens is 288 g/mol. The van der Waals surface area contributed by atoms with Crippen molar-refractivity contribution < 1.29 is 18.3 Å². The van der Waals surface area contributed by atoms with Crippen molar-refractivity contribution in [1.82, 2.24) is 4.31 Å². The van der Waals surface area contributed by atoms with Gasteiger partial charge in [-0.2, -0.15) is 9.57 Å². The van der Waals surface area contributed by atoms with Crippen molar-refractivity contribution in [3.8, 4) is 6.07 Å². The molecule has 0 saturated heterocycles. The Balaban J connectivity index is 2.97. The van der Waals surface area contributed by atoms with Gasteiger partial charge in [-0.3, -0.25) is 4.79 Å². The molecule has 0 aliphatic carbocycles. The Hall–Kier alpha value is -1.43. The number of nitriles is 1. The van der Waals surface area contributed by atoms with Crippen LogP contribution in [0.25, 0.3) is 0 Å². The minimum Gasteiger partial charge on any atom is -0.481 e. The molecule has 0 bridgehead atoms. The summed E-state index contributed by atoms with van der Waals surface area (Å²) in [5, 5.41) is 17.2. The van der Waals surface area contributed by atoms with Crippen molar-refractivity contribution in [2.45, 2.75) is 30.0 Å². The standard InChI is InChI=1S/C11H14N2O4S2/c1-8(5-6-12)13(2)19(16,17)11-4-3-9(18-11)7-10(14)15/h3-4,8H,5,7H2,1-2H3,(H,14,15). The normalized spacial score (nSPS) is 13.2. The molecule has 1 aromatic heterocycles. The number of carboxylic acid groups (broad SMARTS) is 1. The fraction of sp³-hybridized carbons (Fsp3) is 0.455. The fourth-order valence-corrected chi connectivity index (χ4v) is 4.27. The van der Waals surface area contributed by atoms with Crippen LogP contribution in [0.2, 0.25) is 0 Å². The molecule has 1 N–H and O–H groups in total. The summed E-state index contributed by atoms with van der Waals surface area (Å²) in [7, 11) is -2.26. The van der Waals surface area contributed by atoms with Gasteiger partial charge in [0, 0.05) is 18.0 Å². The second-order valence-electron chi connectivity index (χ2n) is 4.02. The van der Waals surface area contributed by atoms with E-state index in [1.165, 1.54) is 19.2 Å². The zero-order chi connectivity index (χ0) is 14.6. The molecule has 0 fully saturated rings. The molecule has 0 saturated carbocycles. The molecule has 0 radical (unpaired) electrons. The van der Waals surface area contributed by atoms with E-state index in [0.717, 1.165) is 15.6 Å². The molecule has 0 spiro atoms. The number of sulfonamides is 1. The van der Waals surface area contributed by atoms with Crippen LogP contribution in [-0.2, 0) is 21.2 Å². The van der Waals surface area contributed by atoms with Crippen molar-refractivity contribution >= 4 is 27.3 Å². The van der Waals surface area contributed by atoms with Crippen molar-refractivity contribution in [2.75, 3.05) is 7.05 Å². The van der Waals surface area contributed by atoms with Crippen molar-refractivity contribution in [3.05, 3.63) is 17.0 Å². The van der Waals surface area contributed by atoms with E-state index < -0.39 is 22.0 Å². The molecule has 0 aliphatic heterocycles. The van der Waals surface area contributed by atoms with Crippen LogP contribution in [0.5, 0.6) is 0 Å². The number of rotatable bonds is 6. The third-order valence-electron chi connectivity index (χ3n) is 2.60. The molecule has 1 atom stereocenters. The Kier molecular flexibility index (Phi) is 5.05. The van der Waals surface area contributed by atoms with Gasteiger partial charge in [0.1, 0.15) is 4.21 Å². The third kappa shape index (κ3) is 3.76. The van der Waals surface area contributed by atoms with E-state index in [4.69, 9.17) is 10.4 Å². The summed E-state index contributed by atoms with van der Waals surface area (Å²) in [5.41, 5.74) is 0. The van der Waals surface area contributed by atoms with Crippen LogP contribution >= 0.6 is 11.3 Å². The Morgan fingerprint density at radius 2 is 2.21 bits per heavy atom. The predicted octanol–water partition coefficient (Wildman–Crippen LogP) is 1.30. The number of aliphatic carboxylic acids is 1. The number of hydrogen-bond donors (Lipinski definition) is 1. The first-order chi connectivity index (χ1) is 8.78. The summed E-state index contributed by atoms with van der Waals surface area (Å²) >= 11 is 0.939. The fourth-order valence-electron chi connectivity index (χ4n) is 1.38. The molecule has 104 valence electrons. The van der Waals surface area contributed by atoms with Gasteiger partial charge >= 0.3 is 5.97 Å². The summed E-state index contributed by atoms with van der Waals surface area (Å²) in [4.78, 5) is 11.0. The zero-order valence-electron chi connectivity index (χ0n) is 10.5. The lowest BCUT2D eigenvalue weighted by atomic mass is 10.3. The van der Waals surface area contributed by atoms with E-state index in [1.54, 1.807) is 6.92 Å². The molecule has 1 heterocycles. The van der Waals surface area contributed by atoms with Crippen LogP contribution < -0.4 is 0 Å². The van der Waals surface area contributed by atoms with Gasteiger partial charge in [0.2, 0.25) is 0 Å². The number of thiophene rings is 1. The molecule has 6 nitrogen and oxygen atoms in total. The van der Waals surface area contributed by atoms with Gasteiger partial charge in [0.15, 0.2) is 0 Å². The number of carbonyl (C=O) groups is 1. The van der Waals surface area contributed by atoms with Gasteiger partial charge in [0.05, 0.1) is 18.9 Å². The van der Waals surface area contributed by atoms with Gasteiger partial charge in [-0.05, 0) is 19.1 Å². The van der Waals surface area contributed by atoms with Crippen LogP contribution in [0, 0.1) is 11.3 Å². The minimum atomic E-state index is -3.67. The van der Waals surface area contributed by atoms with Gasteiger partial charge in [-0.25, -0.2) is 8.42 Å².